The van der Waals surface area contributed by atoms with E-state index < -0.39 is 5.82 Å². The quantitative estimate of drug-likeness (QED) is 0.801. The topological polar surface area (TPSA) is 42.9 Å². The minimum atomic E-state index is -0.443. The molecule has 1 heterocycles. The molecule has 0 saturated carbocycles. The molecule has 18 heavy (non-hydrogen) atoms. The summed E-state index contributed by atoms with van der Waals surface area (Å²) in [5.41, 5.74) is 1.11. The summed E-state index contributed by atoms with van der Waals surface area (Å²) in [4.78, 5) is 19.8. The van der Waals surface area contributed by atoms with E-state index in [-0.39, 0.29) is 22.8 Å². The van der Waals surface area contributed by atoms with Gasteiger partial charge in [0.15, 0.2) is 5.78 Å². The molecule has 5 heteroatoms. The van der Waals surface area contributed by atoms with E-state index in [0.29, 0.717) is 11.3 Å². The SMILES string of the molecule is Cc1cc(Cl)c(C(=O)Cc2cnccn2)cc1F. The van der Waals surface area contributed by atoms with Gasteiger partial charge >= 0.3 is 0 Å². The lowest BCUT2D eigenvalue weighted by Gasteiger charge is -2.05. The summed E-state index contributed by atoms with van der Waals surface area (Å²) in [5, 5.41) is 0.253. The number of ketones is 1. The third-order valence-electron chi connectivity index (χ3n) is 2.51. The molecular formula is C13H10ClFN2O. The highest BCUT2D eigenvalue weighted by Crippen LogP contribution is 2.21. The first-order valence-corrected chi connectivity index (χ1v) is 5.69. The second-order valence-electron chi connectivity index (χ2n) is 3.88. The minimum absolute atomic E-state index is 0.0516. The van der Waals surface area contributed by atoms with Gasteiger partial charge < -0.3 is 0 Å². The van der Waals surface area contributed by atoms with Crippen molar-refractivity contribution < 1.29 is 9.18 Å². The van der Waals surface area contributed by atoms with E-state index in [0.717, 1.165) is 6.07 Å². The van der Waals surface area contributed by atoms with Gasteiger partial charge in [0.1, 0.15) is 5.82 Å². The Bertz CT molecular complexity index is 587. The van der Waals surface area contributed by atoms with E-state index >= 15 is 0 Å². The number of Topliss-reactive ketones (excluding diaryl/α,β-unsaturated/α-hetero) is 1. The molecule has 0 fully saturated rings. The minimum Gasteiger partial charge on any atom is -0.294 e. The second kappa shape index (κ2) is 5.23. The van der Waals surface area contributed by atoms with Gasteiger partial charge in [-0.15, -0.1) is 0 Å². The lowest BCUT2D eigenvalue weighted by molar-refractivity contribution is 0.0991. The van der Waals surface area contributed by atoms with Crippen LogP contribution in [0.15, 0.2) is 30.7 Å². The van der Waals surface area contributed by atoms with Crippen LogP contribution in [-0.2, 0) is 6.42 Å². The Balaban J connectivity index is 2.27. The van der Waals surface area contributed by atoms with Crippen LogP contribution < -0.4 is 0 Å². The van der Waals surface area contributed by atoms with Crippen LogP contribution >= 0.6 is 11.6 Å². The predicted molar refractivity (Wildman–Crippen MR) is 66.2 cm³/mol. The van der Waals surface area contributed by atoms with Crippen molar-refractivity contribution >= 4 is 17.4 Å². The standard InChI is InChI=1S/C13H10ClFN2O/c1-8-4-11(14)10(6-12(8)15)13(18)5-9-7-16-2-3-17-9/h2-4,6-7H,5H2,1H3. The molecule has 0 amide bonds. The zero-order chi connectivity index (χ0) is 13.1. The maximum Gasteiger partial charge on any atom is 0.170 e. The first-order chi connectivity index (χ1) is 8.58. The van der Waals surface area contributed by atoms with Gasteiger partial charge in [0.05, 0.1) is 17.1 Å². The van der Waals surface area contributed by atoms with E-state index in [9.17, 15) is 9.18 Å². The summed E-state index contributed by atoms with van der Waals surface area (Å²) in [5.74, 6) is -0.721. The number of hydrogen-bond donors (Lipinski definition) is 0. The van der Waals surface area contributed by atoms with Gasteiger partial charge in [-0.25, -0.2) is 4.39 Å². The van der Waals surface area contributed by atoms with Crippen molar-refractivity contribution in [2.45, 2.75) is 13.3 Å². The Hall–Kier alpha value is -1.81. The van der Waals surface area contributed by atoms with E-state index in [2.05, 4.69) is 9.97 Å². The van der Waals surface area contributed by atoms with E-state index in [4.69, 9.17) is 11.6 Å². The Kier molecular flexibility index (Phi) is 3.67. The molecule has 0 unspecified atom stereocenters. The first-order valence-electron chi connectivity index (χ1n) is 5.31. The molecule has 1 aromatic carbocycles. The van der Waals surface area contributed by atoms with Gasteiger partial charge in [-0.3, -0.25) is 14.8 Å². The van der Waals surface area contributed by atoms with Crippen molar-refractivity contribution in [1.82, 2.24) is 9.97 Å². The van der Waals surface area contributed by atoms with Crippen LogP contribution in [0, 0.1) is 12.7 Å². The molecule has 0 spiro atoms. The smallest absolute Gasteiger partial charge is 0.170 e. The second-order valence-corrected chi connectivity index (χ2v) is 4.29. The molecule has 0 aliphatic rings. The lowest BCUT2D eigenvalue weighted by atomic mass is 10.0. The fraction of sp³-hybridized carbons (Fsp3) is 0.154. The first kappa shape index (κ1) is 12.6. The number of hydrogen-bond acceptors (Lipinski definition) is 3. The van der Waals surface area contributed by atoms with E-state index in [1.54, 1.807) is 6.92 Å². The molecule has 2 aromatic rings. The zero-order valence-electron chi connectivity index (χ0n) is 9.65. The Morgan fingerprint density at radius 1 is 1.39 bits per heavy atom. The largest absolute Gasteiger partial charge is 0.294 e. The molecule has 0 bridgehead atoms. The van der Waals surface area contributed by atoms with Gasteiger partial charge in [-0.05, 0) is 24.6 Å². The zero-order valence-corrected chi connectivity index (χ0v) is 10.4. The summed E-state index contributed by atoms with van der Waals surface area (Å²) in [7, 11) is 0. The van der Waals surface area contributed by atoms with Crippen molar-refractivity contribution in [1.29, 1.82) is 0 Å². The third kappa shape index (κ3) is 2.71. The highest BCUT2D eigenvalue weighted by atomic mass is 35.5. The number of rotatable bonds is 3. The number of carbonyl (C=O) groups excluding carboxylic acids is 1. The van der Waals surface area contributed by atoms with Crippen molar-refractivity contribution in [2.24, 2.45) is 0 Å². The molecule has 0 aliphatic carbocycles. The Morgan fingerprint density at radius 2 is 2.17 bits per heavy atom. The molecule has 0 atom stereocenters. The van der Waals surface area contributed by atoms with Gasteiger partial charge in [-0.1, -0.05) is 11.6 Å². The van der Waals surface area contributed by atoms with Crippen LogP contribution in [0.25, 0.3) is 0 Å². The fourth-order valence-corrected chi connectivity index (χ4v) is 1.86. The van der Waals surface area contributed by atoms with Crippen molar-refractivity contribution in [3.05, 3.63) is 58.4 Å². The molecule has 2 rings (SSSR count). The van der Waals surface area contributed by atoms with Gasteiger partial charge in [-0.2, -0.15) is 0 Å². The Labute approximate surface area is 109 Å². The van der Waals surface area contributed by atoms with E-state index in [1.165, 1.54) is 24.7 Å². The van der Waals surface area contributed by atoms with Crippen LogP contribution in [0.3, 0.4) is 0 Å². The van der Waals surface area contributed by atoms with Crippen LogP contribution in [0.1, 0.15) is 21.6 Å². The molecule has 3 nitrogen and oxygen atoms in total. The molecule has 92 valence electrons. The Morgan fingerprint density at radius 3 is 2.83 bits per heavy atom. The van der Waals surface area contributed by atoms with Crippen LogP contribution in [0.2, 0.25) is 5.02 Å². The summed E-state index contributed by atoms with van der Waals surface area (Å²) < 4.78 is 13.4. The summed E-state index contributed by atoms with van der Waals surface area (Å²) in [6.45, 7) is 1.60. The van der Waals surface area contributed by atoms with Gasteiger partial charge in [0.25, 0.3) is 0 Å². The maximum atomic E-state index is 13.4. The highest BCUT2D eigenvalue weighted by molar-refractivity contribution is 6.34. The summed E-state index contributed by atoms with van der Waals surface area (Å²) in [6, 6.07) is 2.61. The van der Waals surface area contributed by atoms with Crippen molar-refractivity contribution in [2.75, 3.05) is 0 Å². The normalized spacial score (nSPS) is 10.4. The lowest BCUT2D eigenvalue weighted by Crippen LogP contribution is -2.07. The maximum absolute atomic E-state index is 13.4. The molecular weight excluding hydrogens is 255 g/mol. The fourth-order valence-electron chi connectivity index (χ4n) is 1.54. The molecule has 0 N–H and O–H groups in total. The number of halogens is 2. The average molecular weight is 265 g/mol. The summed E-state index contributed by atoms with van der Waals surface area (Å²) >= 11 is 5.94. The van der Waals surface area contributed by atoms with Crippen LogP contribution in [-0.4, -0.2) is 15.8 Å². The summed E-state index contributed by atoms with van der Waals surface area (Å²) in [6.07, 6.45) is 4.57. The number of carbonyl (C=O) groups is 1. The molecule has 0 aliphatic heterocycles. The monoisotopic (exact) mass is 264 g/mol. The van der Waals surface area contributed by atoms with Crippen molar-refractivity contribution in [3.63, 3.8) is 0 Å². The highest BCUT2D eigenvalue weighted by Gasteiger charge is 2.14. The molecule has 0 saturated heterocycles. The van der Waals surface area contributed by atoms with Gasteiger partial charge in [0, 0.05) is 24.2 Å². The number of nitrogens with zero attached hydrogens (tertiary/aromatic N) is 2. The number of aromatic nitrogens is 2. The van der Waals surface area contributed by atoms with Gasteiger partial charge in [0.2, 0.25) is 0 Å². The van der Waals surface area contributed by atoms with Crippen molar-refractivity contribution in [3.8, 4) is 0 Å². The third-order valence-corrected chi connectivity index (χ3v) is 2.82. The van der Waals surface area contributed by atoms with Crippen LogP contribution in [0.5, 0.6) is 0 Å². The van der Waals surface area contributed by atoms with E-state index in [1.807, 2.05) is 0 Å². The number of benzene rings is 1. The average Bonchev–Trinajstić information content (AvgIpc) is 2.35. The predicted octanol–water partition coefficient (Wildman–Crippen LogP) is 3.00. The molecule has 1 aromatic heterocycles. The number of aryl methyl sites for hydroxylation is 1. The van der Waals surface area contributed by atoms with Crippen LogP contribution in [0.4, 0.5) is 4.39 Å². The molecule has 0 radical (unpaired) electrons.